The molecule has 5 heteroatoms. The molecule has 0 atom stereocenters. The molecule has 0 aromatic carbocycles. The summed E-state index contributed by atoms with van der Waals surface area (Å²) in [5.41, 5.74) is 1.21. The Hall–Kier alpha value is -0.880. The van der Waals surface area contributed by atoms with Gasteiger partial charge in [-0.3, -0.25) is 4.90 Å². The van der Waals surface area contributed by atoms with Gasteiger partial charge in [0.1, 0.15) is 11.5 Å². The molecule has 1 heterocycles. The first kappa shape index (κ1) is 18.2. The lowest BCUT2D eigenvalue weighted by Crippen LogP contribution is -2.30. The van der Waals surface area contributed by atoms with Crippen molar-refractivity contribution in [2.24, 2.45) is 0 Å². The van der Waals surface area contributed by atoms with Crippen molar-refractivity contribution < 1.29 is 13.9 Å². The summed E-state index contributed by atoms with van der Waals surface area (Å²) in [6, 6.07) is 2.59. The molecular formula is C16H30N2O3. The van der Waals surface area contributed by atoms with Gasteiger partial charge in [-0.05, 0) is 18.6 Å². The van der Waals surface area contributed by atoms with Crippen LogP contribution in [0.3, 0.4) is 0 Å². The molecule has 0 saturated heterocycles. The number of hydrogen-bond acceptors (Lipinski definition) is 5. The fourth-order valence-electron chi connectivity index (χ4n) is 2.07. The van der Waals surface area contributed by atoms with Crippen molar-refractivity contribution in [3.8, 4) is 0 Å². The average Bonchev–Trinajstić information content (AvgIpc) is 2.79. The van der Waals surface area contributed by atoms with Gasteiger partial charge < -0.3 is 19.2 Å². The summed E-state index contributed by atoms with van der Waals surface area (Å²) >= 11 is 0. The molecule has 122 valence electrons. The van der Waals surface area contributed by atoms with Gasteiger partial charge in [-0.25, -0.2) is 0 Å². The van der Waals surface area contributed by atoms with E-state index in [1.54, 1.807) is 14.2 Å². The number of ether oxygens (including phenoxy) is 2. The van der Waals surface area contributed by atoms with E-state index in [4.69, 9.17) is 13.9 Å². The number of rotatable bonds is 11. The van der Waals surface area contributed by atoms with Crippen molar-refractivity contribution in [1.29, 1.82) is 0 Å². The molecule has 0 radical (unpaired) electrons. The van der Waals surface area contributed by atoms with Gasteiger partial charge in [-0.15, -0.1) is 0 Å². The minimum Gasteiger partial charge on any atom is -0.463 e. The molecule has 1 rings (SSSR count). The van der Waals surface area contributed by atoms with E-state index in [0.717, 1.165) is 37.7 Å². The Bertz CT molecular complexity index is 383. The Labute approximate surface area is 128 Å². The third-order valence-electron chi connectivity index (χ3n) is 3.35. The van der Waals surface area contributed by atoms with Crippen LogP contribution in [0.15, 0.2) is 10.5 Å². The van der Waals surface area contributed by atoms with Gasteiger partial charge in [0, 0.05) is 33.4 Å². The molecule has 0 saturated carbocycles. The zero-order chi connectivity index (χ0) is 15.7. The summed E-state index contributed by atoms with van der Waals surface area (Å²) in [6.07, 6.45) is 0. The second-order valence-electron chi connectivity index (χ2n) is 5.62. The van der Waals surface area contributed by atoms with E-state index in [9.17, 15) is 0 Å². The minimum absolute atomic E-state index is 0.456. The number of methoxy groups -OCH3 is 2. The highest BCUT2D eigenvalue weighted by Gasteiger charge is 2.12. The first-order valence-electron chi connectivity index (χ1n) is 7.58. The Balaban J connectivity index is 2.58. The van der Waals surface area contributed by atoms with Crippen LogP contribution in [0.5, 0.6) is 0 Å². The largest absolute Gasteiger partial charge is 0.463 e. The summed E-state index contributed by atoms with van der Waals surface area (Å²) in [7, 11) is 3.45. The van der Waals surface area contributed by atoms with Crippen LogP contribution >= 0.6 is 0 Å². The molecule has 1 aromatic rings. The van der Waals surface area contributed by atoms with Crippen molar-refractivity contribution in [2.75, 3.05) is 40.5 Å². The van der Waals surface area contributed by atoms with E-state index in [0.29, 0.717) is 19.3 Å². The zero-order valence-corrected chi connectivity index (χ0v) is 14.1. The van der Waals surface area contributed by atoms with Gasteiger partial charge in [0.15, 0.2) is 0 Å². The zero-order valence-electron chi connectivity index (χ0n) is 14.1. The third-order valence-corrected chi connectivity index (χ3v) is 3.35. The molecule has 0 spiro atoms. The van der Waals surface area contributed by atoms with Gasteiger partial charge in [0.2, 0.25) is 0 Å². The molecule has 1 N–H and O–H groups in total. The van der Waals surface area contributed by atoms with Crippen LogP contribution in [0.1, 0.15) is 30.9 Å². The maximum Gasteiger partial charge on any atom is 0.120 e. The molecule has 0 aliphatic heterocycles. The van der Waals surface area contributed by atoms with Crippen molar-refractivity contribution >= 4 is 0 Å². The van der Waals surface area contributed by atoms with E-state index in [-0.39, 0.29) is 0 Å². The predicted octanol–water partition coefficient (Wildman–Crippen LogP) is 2.18. The molecule has 0 aliphatic rings. The molecule has 0 aliphatic carbocycles. The smallest absolute Gasteiger partial charge is 0.120 e. The van der Waals surface area contributed by atoms with E-state index >= 15 is 0 Å². The molecule has 0 fully saturated rings. The molecule has 1 aromatic heterocycles. The van der Waals surface area contributed by atoms with Crippen LogP contribution in [-0.2, 0) is 22.6 Å². The van der Waals surface area contributed by atoms with Crippen LogP contribution in [-0.4, -0.2) is 51.5 Å². The van der Waals surface area contributed by atoms with Crippen LogP contribution in [0, 0.1) is 6.92 Å². The van der Waals surface area contributed by atoms with Crippen molar-refractivity contribution in [3.05, 3.63) is 23.2 Å². The van der Waals surface area contributed by atoms with E-state index in [1.165, 1.54) is 5.56 Å². The second-order valence-corrected chi connectivity index (χ2v) is 5.62. The number of furan rings is 1. The number of aryl methyl sites for hydroxylation is 1. The molecule has 5 nitrogen and oxygen atoms in total. The van der Waals surface area contributed by atoms with Gasteiger partial charge in [0.05, 0.1) is 26.3 Å². The number of hydrogen-bond donors (Lipinski definition) is 1. The monoisotopic (exact) mass is 298 g/mol. The lowest BCUT2D eigenvalue weighted by molar-refractivity contribution is 0.105. The molecular weight excluding hydrogens is 268 g/mol. The van der Waals surface area contributed by atoms with Crippen LogP contribution < -0.4 is 5.32 Å². The SMILES string of the molecule is COCCN(CCOC)Cc1cc(C)c(CNC(C)C)o1. The highest BCUT2D eigenvalue weighted by atomic mass is 16.5. The fraction of sp³-hybridized carbons (Fsp3) is 0.750. The Morgan fingerprint density at radius 1 is 1.19 bits per heavy atom. The molecule has 0 bridgehead atoms. The van der Waals surface area contributed by atoms with E-state index < -0.39 is 0 Å². The average molecular weight is 298 g/mol. The first-order valence-corrected chi connectivity index (χ1v) is 7.58. The van der Waals surface area contributed by atoms with Crippen LogP contribution in [0.4, 0.5) is 0 Å². The second kappa shape index (κ2) is 9.95. The third kappa shape index (κ3) is 7.09. The first-order chi connectivity index (χ1) is 10.1. The van der Waals surface area contributed by atoms with Gasteiger partial charge >= 0.3 is 0 Å². The lowest BCUT2D eigenvalue weighted by Gasteiger charge is -2.20. The van der Waals surface area contributed by atoms with Crippen LogP contribution in [0.25, 0.3) is 0 Å². The summed E-state index contributed by atoms with van der Waals surface area (Å²) in [4.78, 5) is 2.28. The van der Waals surface area contributed by atoms with Gasteiger partial charge in [-0.1, -0.05) is 13.8 Å². The number of nitrogens with one attached hydrogen (secondary N) is 1. The normalized spacial score (nSPS) is 11.8. The van der Waals surface area contributed by atoms with Gasteiger partial charge in [0.25, 0.3) is 0 Å². The summed E-state index contributed by atoms with van der Waals surface area (Å²) in [6.45, 7) is 11.1. The van der Waals surface area contributed by atoms with Crippen molar-refractivity contribution in [2.45, 2.75) is 39.9 Å². The maximum atomic E-state index is 5.97. The predicted molar refractivity (Wildman–Crippen MR) is 84.4 cm³/mol. The highest BCUT2D eigenvalue weighted by molar-refractivity contribution is 5.20. The minimum atomic E-state index is 0.456. The molecule has 0 amide bonds. The standard InChI is InChI=1S/C16H30N2O3/c1-13(2)17-11-16-14(3)10-15(21-16)12-18(6-8-19-4)7-9-20-5/h10,13,17H,6-9,11-12H2,1-5H3. The maximum absolute atomic E-state index is 5.97. The lowest BCUT2D eigenvalue weighted by atomic mass is 10.2. The molecule has 0 unspecified atom stereocenters. The summed E-state index contributed by atoms with van der Waals surface area (Å²) in [5.74, 6) is 2.03. The Kier molecular flexibility index (Phi) is 8.61. The Morgan fingerprint density at radius 3 is 2.33 bits per heavy atom. The number of nitrogens with zero attached hydrogens (tertiary/aromatic N) is 1. The van der Waals surface area contributed by atoms with Crippen LogP contribution in [0.2, 0.25) is 0 Å². The summed E-state index contributed by atoms with van der Waals surface area (Å²) < 4.78 is 16.3. The fourth-order valence-corrected chi connectivity index (χ4v) is 2.07. The van der Waals surface area contributed by atoms with Crippen molar-refractivity contribution in [1.82, 2.24) is 10.2 Å². The Morgan fingerprint density at radius 2 is 1.81 bits per heavy atom. The van der Waals surface area contributed by atoms with E-state index in [2.05, 4.69) is 37.1 Å². The quantitative estimate of drug-likeness (QED) is 0.678. The molecule has 21 heavy (non-hydrogen) atoms. The van der Waals surface area contributed by atoms with E-state index in [1.807, 2.05) is 0 Å². The van der Waals surface area contributed by atoms with Crippen molar-refractivity contribution in [3.63, 3.8) is 0 Å². The summed E-state index contributed by atoms with van der Waals surface area (Å²) in [5, 5.41) is 3.39. The topological polar surface area (TPSA) is 46.9 Å². The highest BCUT2D eigenvalue weighted by Crippen LogP contribution is 2.16. The van der Waals surface area contributed by atoms with Gasteiger partial charge in [-0.2, -0.15) is 0 Å².